The average molecular weight is 349 g/mol. The van der Waals surface area contributed by atoms with Gasteiger partial charge in [0.15, 0.2) is 0 Å². The molecule has 0 aliphatic heterocycles. The number of amides is 2. The van der Waals surface area contributed by atoms with Crippen LogP contribution in [0, 0.1) is 24.2 Å². The van der Waals surface area contributed by atoms with Crippen LogP contribution in [-0.4, -0.2) is 17.9 Å². The normalized spacial score (nSPS) is 11.5. The van der Waals surface area contributed by atoms with Gasteiger partial charge in [-0.1, -0.05) is 44.2 Å². The first kappa shape index (κ1) is 19.2. The number of benzene rings is 2. The Morgan fingerprint density at radius 1 is 1.08 bits per heavy atom. The van der Waals surface area contributed by atoms with Crippen molar-refractivity contribution >= 4 is 17.5 Å². The highest BCUT2D eigenvalue weighted by molar-refractivity contribution is 6.01. The summed E-state index contributed by atoms with van der Waals surface area (Å²) in [6.45, 7) is 5.64. The van der Waals surface area contributed by atoms with Crippen LogP contribution in [-0.2, 0) is 11.2 Å². The van der Waals surface area contributed by atoms with Gasteiger partial charge < -0.3 is 10.6 Å². The Bertz CT molecular complexity index is 820. The van der Waals surface area contributed by atoms with Crippen molar-refractivity contribution in [1.29, 1.82) is 5.26 Å². The summed E-state index contributed by atoms with van der Waals surface area (Å²) in [7, 11) is 0. The third-order valence-electron chi connectivity index (χ3n) is 4.13. The first-order valence-corrected chi connectivity index (χ1v) is 8.55. The van der Waals surface area contributed by atoms with Crippen molar-refractivity contribution in [1.82, 2.24) is 5.32 Å². The molecule has 0 aliphatic rings. The van der Waals surface area contributed by atoms with E-state index >= 15 is 0 Å². The van der Waals surface area contributed by atoms with E-state index in [-0.39, 0.29) is 17.7 Å². The molecule has 2 rings (SSSR count). The molecule has 1 atom stereocenters. The molecule has 2 aromatic carbocycles. The number of rotatable bonds is 6. The third-order valence-corrected chi connectivity index (χ3v) is 4.13. The van der Waals surface area contributed by atoms with Crippen molar-refractivity contribution in [3.05, 3.63) is 65.2 Å². The molecule has 0 heterocycles. The monoisotopic (exact) mass is 349 g/mol. The van der Waals surface area contributed by atoms with Gasteiger partial charge in [0.05, 0.1) is 12.5 Å². The fourth-order valence-electron chi connectivity index (χ4n) is 2.60. The number of nitrogens with one attached hydrogen (secondary N) is 2. The lowest BCUT2D eigenvalue weighted by Crippen LogP contribution is -2.47. The molecule has 0 aromatic heterocycles. The molecule has 2 amide bonds. The van der Waals surface area contributed by atoms with E-state index in [0.717, 1.165) is 11.1 Å². The zero-order chi connectivity index (χ0) is 19.1. The van der Waals surface area contributed by atoms with Crippen molar-refractivity contribution in [3.8, 4) is 6.07 Å². The Hall–Kier alpha value is -3.13. The van der Waals surface area contributed by atoms with Crippen LogP contribution in [0.1, 0.15) is 35.3 Å². The maximum Gasteiger partial charge on any atom is 0.252 e. The maximum atomic E-state index is 12.6. The summed E-state index contributed by atoms with van der Waals surface area (Å²) in [5.74, 6) is -0.600. The highest BCUT2D eigenvalue weighted by Gasteiger charge is 2.25. The van der Waals surface area contributed by atoms with Crippen LogP contribution >= 0.6 is 0 Å². The molecular formula is C21H23N3O2. The largest absolute Gasteiger partial charge is 0.340 e. The highest BCUT2D eigenvalue weighted by atomic mass is 16.2. The smallest absolute Gasteiger partial charge is 0.252 e. The van der Waals surface area contributed by atoms with E-state index < -0.39 is 6.04 Å². The van der Waals surface area contributed by atoms with Crippen molar-refractivity contribution < 1.29 is 9.59 Å². The number of aryl methyl sites for hydroxylation is 1. The fraction of sp³-hybridized carbons (Fsp3) is 0.286. The number of hydrogen-bond acceptors (Lipinski definition) is 3. The van der Waals surface area contributed by atoms with E-state index in [2.05, 4.69) is 16.7 Å². The van der Waals surface area contributed by atoms with Gasteiger partial charge in [-0.25, -0.2) is 0 Å². The third kappa shape index (κ3) is 4.93. The first-order chi connectivity index (χ1) is 12.4. The van der Waals surface area contributed by atoms with Crippen molar-refractivity contribution in [3.63, 3.8) is 0 Å². The zero-order valence-electron chi connectivity index (χ0n) is 15.2. The van der Waals surface area contributed by atoms with Gasteiger partial charge in [-0.05, 0) is 42.2 Å². The van der Waals surface area contributed by atoms with Gasteiger partial charge in [0.25, 0.3) is 5.91 Å². The summed E-state index contributed by atoms with van der Waals surface area (Å²) in [6.07, 6.45) is 0.329. The molecule has 26 heavy (non-hydrogen) atoms. The fourth-order valence-corrected chi connectivity index (χ4v) is 2.60. The zero-order valence-corrected chi connectivity index (χ0v) is 15.2. The Morgan fingerprint density at radius 2 is 1.73 bits per heavy atom. The second-order valence-electron chi connectivity index (χ2n) is 6.53. The first-order valence-electron chi connectivity index (χ1n) is 8.55. The van der Waals surface area contributed by atoms with Gasteiger partial charge in [0.1, 0.15) is 6.04 Å². The number of carbonyl (C=O) groups is 2. The van der Waals surface area contributed by atoms with Gasteiger partial charge >= 0.3 is 0 Å². The van der Waals surface area contributed by atoms with Gasteiger partial charge in [0.2, 0.25) is 5.91 Å². The van der Waals surface area contributed by atoms with Crippen molar-refractivity contribution in [2.24, 2.45) is 5.92 Å². The van der Waals surface area contributed by atoms with Gasteiger partial charge in [-0.15, -0.1) is 0 Å². The predicted octanol–water partition coefficient (Wildman–Crippen LogP) is 3.45. The molecule has 0 saturated carbocycles. The van der Waals surface area contributed by atoms with Crippen LogP contribution in [0.2, 0.25) is 0 Å². The number of nitriles is 1. The van der Waals surface area contributed by atoms with Crippen LogP contribution in [0.4, 0.5) is 5.69 Å². The summed E-state index contributed by atoms with van der Waals surface area (Å²) >= 11 is 0. The molecule has 0 saturated heterocycles. The summed E-state index contributed by atoms with van der Waals surface area (Å²) < 4.78 is 0. The minimum atomic E-state index is -0.652. The number of carbonyl (C=O) groups excluding carboxylic acids is 2. The van der Waals surface area contributed by atoms with E-state index in [1.54, 1.807) is 36.4 Å². The lowest BCUT2D eigenvalue weighted by Gasteiger charge is -2.22. The van der Waals surface area contributed by atoms with E-state index in [1.807, 2.05) is 32.9 Å². The molecule has 0 radical (unpaired) electrons. The maximum absolute atomic E-state index is 12.6. The van der Waals surface area contributed by atoms with E-state index in [0.29, 0.717) is 17.7 Å². The highest BCUT2D eigenvalue weighted by Crippen LogP contribution is 2.13. The molecule has 2 N–H and O–H groups in total. The Morgan fingerprint density at radius 3 is 2.31 bits per heavy atom. The summed E-state index contributed by atoms with van der Waals surface area (Å²) in [6, 6.07) is 15.8. The summed E-state index contributed by atoms with van der Waals surface area (Å²) in [4.78, 5) is 25.2. The van der Waals surface area contributed by atoms with Crippen LogP contribution in [0.25, 0.3) is 0 Å². The van der Waals surface area contributed by atoms with E-state index in [1.165, 1.54) is 0 Å². The van der Waals surface area contributed by atoms with E-state index in [4.69, 9.17) is 5.26 Å². The number of anilines is 1. The molecule has 134 valence electrons. The SMILES string of the molecule is Cc1ccccc1C(=O)NC(C(=O)Nc1ccc(CC#N)cc1)C(C)C. The predicted molar refractivity (Wildman–Crippen MR) is 102 cm³/mol. The van der Waals surface area contributed by atoms with Crippen LogP contribution in [0.5, 0.6) is 0 Å². The second kappa shape index (κ2) is 8.82. The van der Waals surface area contributed by atoms with Gasteiger partial charge in [-0.2, -0.15) is 5.26 Å². The standard InChI is InChI=1S/C21H23N3O2/c1-14(2)19(24-20(25)18-7-5-4-6-15(18)3)21(26)23-17-10-8-16(9-11-17)12-13-22/h4-11,14,19H,12H2,1-3H3,(H,23,26)(H,24,25). The molecule has 1 unspecified atom stereocenters. The topological polar surface area (TPSA) is 82.0 Å². The summed E-state index contributed by atoms with van der Waals surface area (Å²) in [5.41, 5.74) is 2.94. The quantitative estimate of drug-likeness (QED) is 0.838. The van der Waals surface area contributed by atoms with Crippen LogP contribution < -0.4 is 10.6 Å². The Labute approximate surface area is 154 Å². The van der Waals surface area contributed by atoms with Crippen molar-refractivity contribution in [2.75, 3.05) is 5.32 Å². The molecule has 0 aliphatic carbocycles. The second-order valence-corrected chi connectivity index (χ2v) is 6.53. The minimum absolute atomic E-state index is 0.0687. The lowest BCUT2D eigenvalue weighted by molar-refractivity contribution is -0.118. The van der Waals surface area contributed by atoms with Crippen LogP contribution in [0.15, 0.2) is 48.5 Å². The van der Waals surface area contributed by atoms with Crippen molar-refractivity contribution in [2.45, 2.75) is 33.2 Å². The number of nitrogens with zero attached hydrogens (tertiary/aromatic N) is 1. The van der Waals surface area contributed by atoms with Crippen LogP contribution in [0.3, 0.4) is 0 Å². The molecule has 2 aromatic rings. The minimum Gasteiger partial charge on any atom is -0.340 e. The van der Waals surface area contributed by atoms with Gasteiger partial charge in [-0.3, -0.25) is 9.59 Å². The Balaban J connectivity index is 2.09. The molecular weight excluding hydrogens is 326 g/mol. The molecule has 0 fully saturated rings. The van der Waals surface area contributed by atoms with E-state index in [9.17, 15) is 9.59 Å². The summed E-state index contributed by atoms with van der Waals surface area (Å²) in [5, 5.41) is 14.4. The molecule has 5 heteroatoms. The number of hydrogen-bond donors (Lipinski definition) is 2. The average Bonchev–Trinajstić information content (AvgIpc) is 2.61. The molecule has 5 nitrogen and oxygen atoms in total. The molecule has 0 spiro atoms. The van der Waals surface area contributed by atoms with Gasteiger partial charge in [0, 0.05) is 11.3 Å². The lowest BCUT2D eigenvalue weighted by atomic mass is 10.0. The Kier molecular flexibility index (Phi) is 6.51. The molecule has 0 bridgehead atoms.